The molecule has 0 saturated heterocycles. The monoisotopic (exact) mass is 294 g/mol. The van der Waals surface area contributed by atoms with E-state index in [1.807, 2.05) is 31.1 Å². The van der Waals surface area contributed by atoms with Crippen LogP contribution in [-0.2, 0) is 11.3 Å². The molecule has 0 fully saturated rings. The fraction of sp³-hybridized carbons (Fsp3) is 0.455. The summed E-state index contributed by atoms with van der Waals surface area (Å²) in [6, 6.07) is 3.87. The molecule has 1 aromatic rings. The number of amides is 1. The number of carbonyl (C=O) groups is 1. The maximum absolute atomic E-state index is 11.2. The summed E-state index contributed by atoms with van der Waals surface area (Å²) >= 11 is 0. The van der Waals surface area contributed by atoms with Crippen LogP contribution in [0.5, 0.6) is 0 Å². The summed E-state index contributed by atoms with van der Waals surface area (Å²) in [7, 11) is 3.87. The van der Waals surface area contributed by atoms with Gasteiger partial charge in [-0.1, -0.05) is 6.07 Å². The summed E-state index contributed by atoms with van der Waals surface area (Å²) in [6.07, 6.45) is 2.13. The number of nitrogens with two attached hydrogens (primary N) is 1. The second-order valence-corrected chi connectivity index (χ2v) is 3.73. The van der Waals surface area contributed by atoms with E-state index in [4.69, 9.17) is 5.73 Å². The first-order chi connectivity index (χ1) is 7.63. The predicted molar refractivity (Wildman–Crippen MR) is 78.6 cm³/mol. The zero-order valence-corrected chi connectivity index (χ0v) is 12.2. The van der Waals surface area contributed by atoms with E-state index in [1.54, 1.807) is 6.20 Å². The van der Waals surface area contributed by atoms with E-state index in [0.29, 0.717) is 19.5 Å². The molecule has 0 radical (unpaired) electrons. The van der Waals surface area contributed by atoms with Crippen LogP contribution in [0.4, 0.5) is 5.82 Å². The minimum atomic E-state index is -0.0285. The Bertz CT molecular complexity index is 343. The van der Waals surface area contributed by atoms with Gasteiger partial charge in [0.25, 0.3) is 0 Å². The molecule has 0 aliphatic carbocycles. The third-order valence-electron chi connectivity index (χ3n) is 2.13. The molecule has 0 aromatic carbocycles. The van der Waals surface area contributed by atoms with E-state index in [2.05, 4.69) is 10.3 Å². The molecule has 1 amide bonds. The van der Waals surface area contributed by atoms with Crippen LogP contribution in [0.15, 0.2) is 18.3 Å². The number of halogens is 2. The third kappa shape index (κ3) is 6.64. The number of carbonyl (C=O) groups excluding carboxylic acids is 1. The summed E-state index contributed by atoms with van der Waals surface area (Å²) < 4.78 is 0. The average Bonchev–Trinajstić information content (AvgIpc) is 2.27. The molecule has 0 saturated carbocycles. The average molecular weight is 295 g/mol. The Hall–Kier alpha value is -1.04. The Morgan fingerprint density at radius 3 is 2.50 bits per heavy atom. The zero-order valence-electron chi connectivity index (χ0n) is 10.5. The molecule has 5 nitrogen and oxygen atoms in total. The van der Waals surface area contributed by atoms with Crippen molar-refractivity contribution in [2.75, 3.05) is 25.5 Å². The van der Waals surface area contributed by atoms with E-state index in [0.717, 1.165) is 11.4 Å². The van der Waals surface area contributed by atoms with Gasteiger partial charge in [0.15, 0.2) is 0 Å². The van der Waals surface area contributed by atoms with Gasteiger partial charge in [-0.05, 0) is 11.6 Å². The van der Waals surface area contributed by atoms with Crippen molar-refractivity contribution in [1.82, 2.24) is 10.3 Å². The summed E-state index contributed by atoms with van der Waals surface area (Å²) in [5, 5.41) is 2.78. The predicted octanol–water partition coefficient (Wildman–Crippen LogP) is 0.956. The summed E-state index contributed by atoms with van der Waals surface area (Å²) in [5.41, 5.74) is 6.26. The molecule has 1 aromatic heterocycles. The highest BCUT2D eigenvalue weighted by Crippen LogP contribution is 2.07. The van der Waals surface area contributed by atoms with Gasteiger partial charge in [-0.2, -0.15) is 0 Å². The number of hydrogen-bond donors (Lipinski definition) is 2. The molecule has 0 unspecified atom stereocenters. The van der Waals surface area contributed by atoms with Crippen molar-refractivity contribution >= 4 is 36.5 Å². The van der Waals surface area contributed by atoms with Crippen LogP contribution in [0.25, 0.3) is 0 Å². The molecule has 18 heavy (non-hydrogen) atoms. The lowest BCUT2D eigenvalue weighted by Gasteiger charge is -2.11. The number of anilines is 1. The zero-order chi connectivity index (χ0) is 12.0. The topological polar surface area (TPSA) is 71.2 Å². The van der Waals surface area contributed by atoms with Crippen LogP contribution in [0.1, 0.15) is 12.0 Å². The van der Waals surface area contributed by atoms with Crippen molar-refractivity contribution in [2.45, 2.75) is 13.0 Å². The maximum atomic E-state index is 11.2. The van der Waals surface area contributed by atoms with Gasteiger partial charge >= 0.3 is 0 Å². The minimum absolute atomic E-state index is 0. The molecule has 104 valence electrons. The van der Waals surface area contributed by atoms with E-state index in [-0.39, 0.29) is 30.7 Å². The largest absolute Gasteiger partial charge is 0.363 e. The molecule has 0 aliphatic heterocycles. The van der Waals surface area contributed by atoms with Crippen molar-refractivity contribution in [1.29, 1.82) is 0 Å². The summed E-state index contributed by atoms with van der Waals surface area (Å²) in [6.45, 7) is 0.878. The van der Waals surface area contributed by atoms with Crippen molar-refractivity contribution in [3.05, 3.63) is 23.9 Å². The number of pyridine rings is 1. The molecule has 0 aliphatic rings. The molecule has 1 rings (SSSR count). The summed E-state index contributed by atoms with van der Waals surface area (Å²) in [4.78, 5) is 17.4. The van der Waals surface area contributed by atoms with Crippen molar-refractivity contribution in [2.24, 2.45) is 5.73 Å². The molecular weight excluding hydrogens is 275 g/mol. The fourth-order valence-corrected chi connectivity index (χ4v) is 1.21. The highest BCUT2D eigenvalue weighted by molar-refractivity contribution is 5.85. The highest BCUT2D eigenvalue weighted by atomic mass is 35.5. The van der Waals surface area contributed by atoms with Crippen LogP contribution in [0, 0.1) is 0 Å². The van der Waals surface area contributed by atoms with E-state index in [1.165, 1.54) is 0 Å². The molecule has 0 spiro atoms. The van der Waals surface area contributed by atoms with Gasteiger partial charge in [-0.15, -0.1) is 24.8 Å². The Morgan fingerprint density at radius 1 is 1.39 bits per heavy atom. The fourth-order valence-electron chi connectivity index (χ4n) is 1.21. The van der Waals surface area contributed by atoms with Crippen LogP contribution in [-0.4, -0.2) is 31.5 Å². The van der Waals surface area contributed by atoms with Crippen molar-refractivity contribution < 1.29 is 4.79 Å². The first-order valence-electron chi connectivity index (χ1n) is 5.22. The number of nitrogens with zero attached hydrogens (tertiary/aromatic N) is 2. The van der Waals surface area contributed by atoms with Crippen molar-refractivity contribution in [3.8, 4) is 0 Å². The van der Waals surface area contributed by atoms with Gasteiger partial charge < -0.3 is 16.0 Å². The molecular formula is C11H20Cl2N4O. The quantitative estimate of drug-likeness (QED) is 0.848. The third-order valence-corrected chi connectivity index (χ3v) is 2.13. The summed E-state index contributed by atoms with van der Waals surface area (Å²) in [5.74, 6) is 0.872. The van der Waals surface area contributed by atoms with Gasteiger partial charge in [-0.25, -0.2) is 4.98 Å². The second kappa shape index (κ2) is 9.94. The number of rotatable bonds is 5. The molecule has 1 heterocycles. The van der Waals surface area contributed by atoms with Gasteiger partial charge in [0.2, 0.25) is 5.91 Å². The lowest BCUT2D eigenvalue weighted by molar-refractivity contribution is -0.121. The highest BCUT2D eigenvalue weighted by Gasteiger charge is 2.01. The van der Waals surface area contributed by atoms with Crippen LogP contribution < -0.4 is 16.0 Å². The van der Waals surface area contributed by atoms with Crippen LogP contribution in [0.2, 0.25) is 0 Å². The first kappa shape index (κ1) is 19.3. The first-order valence-corrected chi connectivity index (χ1v) is 5.22. The molecule has 7 heteroatoms. The van der Waals surface area contributed by atoms with E-state index < -0.39 is 0 Å². The Labute approximate surface area is 120 Å². The number of aromatic nitrogens is 1. The maximum Gasteiger partial charge on any atom is 0.221 e. The van der Waals surface area contributed by atoms with Gasteiger partial charge in [-0.3, -0.25) is 4.79 Å². The lowest BCUT2D eigenvalue weighted by Crippen LogP contribution is -2.25. The van der Waals surface area contributed by atoms with Crippen LogP contribution in [0.3, 0.4) is 0 Å². The molecule has 3 N–H and O–H groups in total. The molecule has 0 atom stereocenters. The number of nitrogens with one attached hydrogen (secondary N) is 1. The molecule has 0 bridgehead atoms. The van der Waals surface area contributed by atoms with Gasteiger partial charge in [0, 0.05) is 39.8 Å². The Kier molecular flexibility index (Phi) is 10.7. The number of hydrogen-bond acceptors (Lipinski definition) is 4. The SMILES string of the molecule is CN(C)c1ccc(CNC(=O)CCN)cn1.Cl.Cl. The Balaban J connectivity index is 0. The van der Waals surface area contributed by atoms with Crippen LogP contribution >= 0.6 is 24.8 Å². The van der Waals surface area contributed by atoms with E-state index >= 15 is 0 Å². The minimum Gasteiger partial charge on any atom is -0.363 e. The smallest absolute Gasteiger partial charge is 0.221 e. The van der Waals surface area contributed by atoms with Gasteiger partial charge in [0.05, 0.1) is 0 Å². The van der Waals surface area contributed by atoms with Crippen molar-refractivity contribution in [3.63, 3.8) is 0 Å². The lowest BCUT2D eigenvalue weighted by atomic mass is 10.2. The van der Waals surface area contributed by atoms with Gasteiger partial charge in [0.1, 0.15) is 5.82 Å². The Morgan fingerprint density at radius 2 is 2.06 bits per heavy atom. The van der Waals surface area contributed by atoms with E-state index in [9.17, 15) is 4.79 Å². The second-order valence-electron chi connectivity index (χ2n) is 3.73. The standard InChI is InChI=1S/C11H18N4O.2ClH/c1-15(2)10-4-3-9(7-13-10)8-14-11(16)5-6-12;;/h3-4,7H,5-6,8,12H2,1-2H3,(H,14,16);2*1H. The normalized spacial score (nSPS) is 8.83.